The number of aromatic nitrogens is 1. The largest absolute Gasteiger partial charge is 0.255 e. The summed E-state index contributed by atoms with van der Waals surface area (Å²) in [4.78, 5) is 5.20. The Hall–Kier alpha value is -1.80. The Morgan fingerprint density at radius 1 is 1.21 bits per heavy atom. The molecule has 2 aromatic heterocycles. The first-order valence-electron chi connectivity index (χ1n) is 6.89. The third kappa shape index (κ3) is 3.81. The molecule has 0 saturated heterocycles. The Kier molecular flexibility index (Phi) is 4.96. The average Bonchev–Trinajstić information content (AvgIpc) is 3.10. The first-order chi connectivity index (χ1) is 11.5. The number of halogens is 2. The number of benzene rings is 1. The Morgan fingerprint density at radius 3 is 2.75 bits per heavy atom. The van der Waals surface area contributed by atoms with Crippen LogP contribution in [0.5, 0.6) is 0 Å². The summed E-state index contributed by atoms with van der Waals surface area (Å²) in [6, 6.07) is 10.7. The zero-order chi connectivity index (χ0) is 17.2. The SMILES string of the molecule is O=S(=O)(NCc1ccnc(-c2cccs2)c1)c1ccc(F)c(Cl)c1. The van der Waals surface area contributed by atoms with Crippen LogP contribution in [0.4, 0.5) is 4.39 Å². The number of hydrogen-bond donors (Lipinski definition) is 1. The molecule has 1 N–H and O–H groups in total. The zero-order valence-corrected chi connectivity index (χ0v) is 14.6. The first-order valence-corrected chi connectivity index (χ1v) is 9.63. The van der Waals surface area contributed by atoms with Crippen molar-refractivity contribution in [1.82, 2.24) is 9.71 Å². The molecule has 24 heavy (non-hydrogen) atoms. The molecule has 0 bridgehead atoms. The van der Waals surface area contributed by atoms with E-state index >= 15 is 0 Å². The Labute approximate surface area is 148 Å². The smallest absolute Gasteiger partial charge is 0.240 e. The molecule has 8 heteroatoms. The fraction of sp³-hybridized carbons (Fsp3) is 0.0625. The van der Waals surface area contributed by atoms with Gasteiger partial charge in [0.05, 0.1) is 20.5 Å². The van der Waals surface area contributed by atoms with E-state index < -0.39 is 15.8 Å². The van der Waals surface area contributed by atoms with Crippen molar-refractivity contribution in [2.24, 2.45) is 0 Å². The number of thiophene rings is 1. The zero-order valence-electron chi connectivity index (χ0n) is 12.2. The van der Waals surface area contributed by atoms with Crippen LogP contribution in [0, 0.1) is 5.82 Å². The van der Waals surface area contributed by atoms with Gasteiger partial charge in [-0.1, -0.05) is 17.7 Å². The molecule has 0 unspecified atom stereocenters. The van der Waals surface area contributed by atoms with Gasteiger partial charge in [-0.3, -0.25) is 4.98 Å². The van der Waals surface area contributed by atoms with Crippen LogP contribution in [-0.2, 0) is 16.6 Å². The highest BCUT2D eigenvalue weighted by Gasteiger charge is 2.15. The van der Waals surface area contributed by atoms with E-state index in [2.05, 4.69) is 9.71 Å². The number of nitrogens with one attached hydrogen (secondary N) is 1. The third-order valence-electron chi connectivity index (χ3n) is 3.27. The number of hydrogen-bond acceptors (Lipinski definition) is 4. The van der Waals surface area contributed by atoms with Gasteiger partial charge in [-0.05, 0) is 47.3 Å². The summed E-state index contributed by atoms with van der Waals surface area (Å²) in [7, 11) is -3.78. The summed E-state index contributed by atoms with van der Waals surface area (Å²) in [6.07, 6.45) is 1.63. The summed E-state index contributed by atoms with van der Waals surface area (Å²) in [5.41, 5.74) is 1.55. The third-order valence-corrected chi connectivity index (χ3v) is 5.85. The van der Waals surface area contributed by atoms with Gasteiger partial charge < -0.3 is 0 Å². The van der Waals surface area contributed by atoms with E-state index in [-0.39, 0.29) is 16.5 Å². The normalized spacial score (nSPS) is 11.6. The van der Waals surface area contributed by atoms with Gasteiger partial charge in [0.1, 0.15) is 5.82 Å². The average molecular weight is 383 g/mol. The maximum Gasteiger partial charge on any atom is 0.240 e. The first kappa shape index (κ1) is 17.0. The maximum absolute atomic E-state index is 13.2. The number of sulfonamides is 1. The highest BCUT2D eigenvalue weighted by molar-refractivity contribution is 7.89. The van der Waals surface area contributed by atoms with Crippen molar-refractivity contribution in [3.05, 3.63) is 70.4 Å². The summed E-state index contributed by atoms with van der Waals surface area (Å²) >= 11 is 7.20. The van der Waals surface area contributed by atoms with E-state index in [0.29, 0.717) is 0 Å². The molecule has 4 nitrogen and oxygen atoms in total. The lowest BCUT2D eigenvalue weighted by Crippen LogP contribution is -2.23. The molecular formula is C16H12ClFN2O2S2. The van der Waals surface area contributed by atoms with Gasteiger partial charge in [-0.2, -0.15) is 0 Å². The molecule has 3 aromatic rings. The molecule has 0 fully saturated rings. The van der Waals surface area contributed by atoms with Crippen molar-refractivity contribution in [2.75, 3.05) is 0 Å². The number of pyridine rings is 1. The fourth-order valence-corrected chi connectivity index (χ4v) is 4.03. The van der Waals surface area contributed by atoms with E-state index in [4.69, 9.17) is 11.6 Å². The molecule has 124 valence electrons. The lowest BCUT2D eigenvalue weighted by Gasteiger charge is -2.08. The minimum absolute atomic E-state index is 0.0820. The number of nitrogens with zero attached hydrogens (tertiary/aromatic N) is 1. The van der Waals surface area contributed by atoms with Crippen LogP contribution in [0.3, 0.4) is 0 Å². The molecule has 3 rings (SSSR count). The molecule has 2 heterocycles. The minimum atomic E-state index is -3.78. The predicted octanol–water partition coefficient (Wildman–Crippen LogP) is 4.08. The molecule has 0 amide bonds. The van der Waals surface area contributed by atoms with E-state index in [9.17, 15) is 12.8 Å². The molecule has 0 aliphatic heterocycles. The summed E-state index contributed by atoms with van der Waals surface area (Å²) in [5.74, 6) is -0.662. The van der Waals surface area contributed by atoms with Crippen LogP contribution in [0.2, 0.25) is 5.02 Å². The number of rotatable bonds is 5. The summed E-state index contributed by atoms with van der Waals surface area (Å²) < 4.78 is 40.2. The van der Waals surface area contributed by atoms with Gasteiger partial charge in [0.15, 0.2) is 0 Å². The second-order valence-electron chi connectivity index (χ2n) is 4.93. The van der Waals surface area contributed by atoms with E-state index in [1.807, 2.05) is 23.6 Å². The van der Waals surface area contributed by atoms with Crippen molar-refractivity contribution < 1.29 is 12.8 Å². The Bertz CT molecular complexity index is 960. The molecular weight excluding hydrogens is 371 g/mol. The van der Waals surface area contributed by atoms with Crippen LogP contribution < -0.4 is 4.72 Å². The molecule has 0 atom stereocenters. The van der Waals surface area contributed by atoms with Gasteiger partial charge in [0.2, 0.25) is 10.0 Å². The monoisotopic (exact) mass is 382 g/mol. The van der Waals surface area contributed by atoms with Crippen molar-refractivity contribution >= 4 is 33.0 Å². The van der Waals surface area contributed by atoms with Gasteiger partial charge >= 0.3 is 0 Å². The fourth-order valence-electron chi connectivity index (χ4n) is 2.05. The molecule has 0 spiro atoms. The quantitative estimate of drug-likeness (QED) is 0.723. The standard InChI is InChI=1S/C16H12ClFN2O2S2/c17-13-9-12(3-4-14(13)18)24(21,22)20-10-11-5-6-19-15(8-11)16-2-1-7-23-16/h1-9,20H,10H2. The minimum Gasteiger partial charge on any atom is -0.255 e. The van der Waals surface area contributed by atoms with E-state index in [1.165, 1.54) is 6.07 Å². The van der Waals surface area contributed by atoms with Crippen LogP contribution in [0.1, 0.15) is 5.56 Å². The van der Waals surface area contributed by atoms with Crippen molar-refractivity contribution in [1.29, 1.82) is 0 Å². The van der Waals surface area contributed by atoms with Crippen LogP contribution in [0.25, 0.3) is 10.6 Å². The van der Waals surface area contributed by atoms with Crippen molar-refractivity contribution in [3.8, 4) is 10.6 Å². The van der Waals surface area contributed by atoms with Gasteiger partial charge in [0.25, 0.3) is 0 Å². The van der Waals surface area contributed by atoms with Gasteiger partial charge in [0, 0.05) is 12.7 Å². The molecule has 0 radical (unpaired) electrons. The van der Waals surface area contributed by atoms with Crippen molar-refractivity contribution in [2.45, 2.75) is 11.4 Å². The lowest BCUT2D eigenvalue weighted by atomic mass is 10.2. The highest BCUT2D eigenvalue weighted by atomic mass is 35.5. The second kappa shape index (κ2) is 6.98. The van der Waals surface area contributed by atoms with Crippen LogP contribution in [-0.4, -0.2) is 13.4 Å². The molecule has 0 saturated carbocycles. The maximum atomic E-state index is 13.2. The topological polar surface area (TPSA) is 59.1 Å². The second-order valence-corrected chi connectivity index (χ2v) is 8.05. The predicted molar refractivity (Wildman–Crippen MR) is 93.0 cm³/mol. The Morgan fingerprint density at radius 2 is 2.04 bits per heavy atom. The summed E-state index contributed by atoms with van der Waals surface area (Å²) in [6.45, 7) is 0.0955. The van der Waals surface area contributed by atoms with Gasteiger partial charge in [-0.25, -0.2) is 17.5 Å². The molecule has 0 aliphatic rings. The van der Waals surface area contributed by atoms with Crippen LogP contribution >= 0.6 is 22.9 Å². The van der Waals surface area contributed by atoms with E-state index in [0.717, 1.165) is 28.3 Å². The highest BCUT2D eigenvalue weighted by Crippen LogP contribution is 2.23. The van der Waals surface area contributed by atoms with Crippen molar-refractivity contribution in [3.63, 3.8) is 0 Å². The molecule has 1 aromatic carbocycles. The van der Waals surface area contributed by atoms with Crippen LogP contribution in [0.15, 0.2) is 58.9 Å². The summed E-state index contributed by atoms with van der Waals surface area (Å²) in [5, 5.41) is 1.71. The Balaban J connectivity index is 1.77. The molecule has 0 aliphatic carbocycles. The van der Waals surface area contributed by atoms with E-state index in [1.54, 1.807) is 23.6 Å². The lowest BCUT2D eigenvalue weighted by molar-refractivity contribution is 0.580. The van der Waals surface area contributed by atoms with Gasteiger partial charge in [-0.15, -0.1) is 11.3 Å².